The zero-order valence-electron chi connectivity index (χ0n) is 6.41. The van der Waals surface area contributed by atoms with Crippen molar-refractivity contribution in [2.24, 2.45) is 4.99 Å². The number of halogens is 2. The number of ether oxygens (including phenoxy) is 1. The monoisotopic (exact) mass is 201 g/mol. The van der Waals surface area contributed by atoms with E-state index in [1.54, 1.807) is 12.1 Å². The van der Waals surface area contributed by atoms with Crippen LogP contribution in [0.1, 0.15) is 0 Å². The van der Waals surface area contributed by atoms with Crippen molar-refractivity contribution in [1.29, 1.82) is 0 Å². The Balaban J connectivity index is 2.85. The second-order valence-electron chi connectivity index (χ2n) is 2.08. The van der Waals surface area contributed by atoms with E-state index in [4.69, 9.17) is 11.6 Å². The lowest BCUT2D eigenvalue weighted by Gasteiger charge is -2.04. The van der Waals surface area contributed by atoms with Gasteiger partial charge in [-0.15, -0.1) is 0 Å². The van der Waals surface area contributed by atoms with Gasteiger partial charge in [-0.05, 0) is 23.7 Å². The van der Waals surface area contributed by atoms with Crippen molar-refractivity contribution in [2.75, 3.05) is 0 Å². The third-order valence-corrected chi connectivity index (χ3v) is 1.31. The summed E-state index contributed by atoms with van der Waals surface area (Å²) in [6, 6.07) is 5.99. The Morgan fingerprint density at radius 2 is 2.38 bits per heavy atom. The Hall–Kier alpha value is -1.38. The first-order valence-electron chi connectivity index (χ1n) is 3.35. The van der Waals surface area contributed by atoms with Crippen molar-refractivity contribution < 1.29 is 13.9 Å². The molecule has 0 saturated carbocycles. The summed E-state index contributed by atoms with van der Waals surface area (Å²) < 4.78 is 16.7. The molecule has 3 nitrogen and oxygen atoms in total. The first-order chi connectivity index (χ1) is 6.22. The van der Waals surface area contributed by atoms with Crippen molar-refractivity contribution in [3.63, 3.8) is 0 Å². The molecule has 0 spiro atoms. The third-order valence-electron chi connectivity index (χ3n) is 1.22. The summed E-state index contributed by atoms with van der Waals surface area (Å²) in [5.41, 5.74) is 0.338. The SMILES string of the molecule is O=C=Nc1cccc(OC(F)Cl)c1. The van der Waals surface area contributed by atoms with Crippen LogP contribution in [-0.4, -0.2) is 11.9 Å². The molecule has 68 valence electrons. The van der Waals surface area contributed by atoms with Gasteiger partial charge in [0, 0.05) is 6.07 Å². The number of hydrogen-bond donors (Lipinski definition) is 0. The fourth-order valence-electron chi connectivity index (χ4n) is 0.782. The molecule has 5 heteroatoms. The average molecular weight is 202 g/mol. The summed E-state index contributed by atoms with van der Waals surface area (Å²) in [6.07, 6.45) is 1.36. The zero-order valence-corrected chi connectivity index (χ0v) is 7.16. The van der Waals surface area contributed by atoms with Crippen molar-refractivity contribution in [3.05, 3.63) is 24.3 Å². The quantitative estimate of drug-likeness (QED) is 0.428. The highest BCUT2D eigenvalue weighted by Crippen LogP contribution is 2.21. The van der Waals surface area contributed by atoms with Crippen LogP contribution in [0.5, 0.6) is 5.75 Å². The summed E-state index contributed by atoms with van der Waals surface area (Å²) in [6.45, 7) is 0. The van der Waals surface area contributed by atoms with Crippen LogP contribution in [0.4, 0.5) is 10.1 Å². The van der Waals surface area contributed by atoms with Gasteiger partial charge in [0.05, 0.1) is 5.69 Å². The van der Waals surface area contributed by atoms with Crippen LogP contribution in [0.2, 0.25) is 0 Å². The highest BCUT2D eigenvalue weighted by molar-refractivity contribution is 6.18. The predicted molar refractivity (Wildman–Crippen MR) is 45.6 cm³/mol. The van der Waals surface area contributed by atoms with Crippen molar-refractivity contribution in [1.82, 2.24) is 0 Å². The molecule has 1 rings (SSSR count). The maximum Gasteiger partial charge on any atom is 0.316 e. The zero-order chi connectivity index (χ0) is 9.68. The summed E-state index contributed by atoms with van der Waals surface area (Å²) >= 11 is 4.94. The van der Waals surface area contributed by atoms with Gasteiger partial charge in [-0.1, -0.05) is 6.07 Å². The topological polar surface area (TPSA) is 38.7 Å². The Labute approximate surface area is 78.8 Å². The highest BCUT2D eigenvalue weighted by atomic mass is 35.5. The molecule has 1 aromatic carbocycles. The Kier molecular flexibility index (Phi) is 3.43. The molecule has 1 atom stereocenters. The largest absolute Gasteiger partial charge is 0.447 e. The van der Waals surface area contributed by atoms with E-state index in [9.17, 15) is 9.18 Å². The summed E-state index contributed by atoms with van der Waals surface area (Å²) in [4.78, 5) is 13.2. The van der Waals surface area contributed by atoms with Gasteiger partial charge in [0.1, 0.15) is 5.75 Å². The van der Waals surface area contributed by atoms with Crippen LogP contribution in [0, 0.1) is 0 Å². The van der Waals surface area contributed by atoms with Gasteiger partial charge in [0.2, 0.25) is 6.08 Å². The van der Waals surface area contributed by atoms with Gasteiger partial charge in [0.15, 0.2) is 0 Å². The van der Waals surface area contributed by atoms with Gasteiger partial charge in [-0.25, -0.2) is 4.79 Å². The third kappa shape index (κ3) is 3.23. The van der Waals surface area contributed by atoms with Crippen LogP contribution in [-0.2, 0) is 4.79 Å². The normalized spacial score (nSPS) is 11.5. The van der Waals surface area contributed by atoms with Crippen LogP contribution < -0.4 is 4.74 Å². The second kappa shape index (κ2) is 4.60. The summed E-state index contributed by atoms with van der Waals surface area (Å²) in [5, 5.41) is 0. The van der Waals surface area contributed by atoms with E-state index in [2.05, 4.69) is 9.73 Å². The van der Waals surface area contributed by atoms with Crippen molar-refractivity contribution >= 4 is 23.4 Å². The molecule has 0 fully saturated rings. The van der Waals surface area contributed by atoms with Crippen LogP contribution >= 0.6 is 11.6 Å². The van der Waals surface area contributed by atoms with E-state index >= 15 is 0 Å². The molecule has 0 heterocycles. The molecule has 0 aliphatic heterocycles. The van der Waals surface area contributed by atoms with E-state index in [0.717, 1.165) is 0 Å². The first kappa shape index (κ1) is 9.71. The molecule has 0 bridgehead atoms. The van der Waals surface area contributed by atoms with E-state index in [1.165, 1.54) is 18.2 Å². The molecule has 0 aliphatic carbocycles. The van der Waals surface area contributed by atoms with Gasteiger partial charge < -0.3 is 4.74 Å². The minimum Gasteiger partial charge on any atom is -0.447 e. The van der Waals surface area contributed by atoms with Gasteiger partial charge in [-0.2, -0.15) is 9.38 Å². The standard InChI is InChI=1S/C8H5ClFNO2/c9-8(10)13-7-3-1-2-6(4-7)11-5-12/h1-4,8H. The van der Waals surface area contributed by atoms with Gasteiger partial charge in [0.25, 0.3) is 0 Å². The van der Waals surface area contributed by atoms with Gasteiger partial charge in [-0.3, -0.25) is 0 Å². The Morgan fingerprint density at radius 3 is 3.00 bits per heavy atom. The average Bonchev–Trinajstić information content (AvgIpc) is 2.04. The lowest BCUT2D eigenvalue weighted by molar-refractivity contribution is 0.147. The molecule has 0 amide bonds. The maximum atomic E-state index is 12.1. The number of isocyanates is 1. The molecule has 0 aromatic heterocycles. The molecule has 0 saturated heterocycles. The Bertz CT molecular complexity index is 337. The van der Waals surface area contributed by atoms with Crippen molar-refractivity contribution in [3.8, 4) is 5.75 Å². The number of rotatable bonds is 3. The highest BCUT2D eigenvalue weighted by Gasteiger charge is 2.02. The van der Waals surface area contributed by atoms with E-state index in [0.29, 0.717) is 5.69 Å². The summed E-state index contributed by atoms with van der Waals surface area (Å²) in [7, 11) is 0. The molecule has 0 N–H and O–H groups in total. The van der Waals surface area contributed by atoms with E-state index in [1.807, 2.05) is 0 Å². The number of carbonyl (C=O) groups excluding carboxylic acids is 1. The molecular formula is C8H5ClFNO2. The number of alkyl halides is 2. The molecule has 1 aromatic rings. The fourth-order valence-corrected chi connectivity index (χ4v) is 0.885. The minimum atomic E-state index is -1.91. The van der Waals surface area contributed by atoms with Crippen LogP contribution in [0.15, 0.2) is 29.3 Å². The molecule has 13 heavy (non-hydrogen) atoms. The lowest BCUT2D eigenvalue weighted by Crippen LogP contribution is -1.99. The number of aliphatic imine (C=N–C) groups is 1. The van der Waals surface area contributed by atoms with E-state index in [-0.39, 0.29) is 5.75 Å². The fraction of sp³-hybridized carbons (Fsp3) is 0.125. The minimum absolute atomic E-state index is 0.207. The predicted octanol–water partition coefficient (Wildman–Crippen LogP) is 2.52. The molecule has 1 unspecified atom stereocenters. The van der Waals surface area contributed by atoms with Gasteiger partial charge >= 0.3 is 5.82 Å². The number of hydrogen-bond acceptors (Lipinski definition) is 3. The maximum absolute atomic E-state index is 12.1. The Morgan fingerprint density at radius 1 is 1.62 bits per heavy atom. The first-order valence-corrected chi connectivity index (χ1v) is 3.79. The molecule has 0 radical (unpaired) electrons. The number of benzene rings is 1. The molecule has 0 aliphatic rings. The van der Waals surface area contributed by atoms with Crippen LogP contribution in [0.25, 0.3) is 0 Å². The number of nitrogens with zero attached hydrogens (tertiary/aromatic N) is 1. The smallest absolute Gasteiger partial charge is 0.316 e. The van der Waals surface area contributed by atoms with E-state index < -0.39 is 5.82 Å². The van der Waals surface area contributed by atoms with Crippen molar-refractivity contribution in [2.45, 2.75) is 5.82 Å². The molecular weight excluding hydrogens is 197 g/mol. The lowest BCUT2D eigenvalue weighted by atomic mass is 10.3. The second-order valence-corrected chi connectivity index (χ2v) is 2.42. The summed E-state index contributed by atoms with van der Waals surface area (Å²) in [5.74, 6) is -1.70. The van der Waals surface area contributed by atoms with Crippen LogP contribution in [0.3, 0.4) is 0 Å².